The predicted molar refractivity (Wildman–Crippen MR) is 252 cm³/mol. The van der Waals surface area contributed by atoms with Crippen LogP contribution in [0.3, 0.4) is 0 Å². The van der Waals surface area contributed by atoms with Gasteiger partial charge in [0.25, 0.3) is 0 Å². The lowest BCUT2D eigenvalue weighted by molar-refractivity contribution is -0.148. The van der Waals surface area contributed by atoms with E-state index < -0.39 is 5.97 Å². The maximum atomic E-state index is 12.1. The number of carboxylic acid groups (broad SMARTS) is 1. The number of benzene rings is 4. The molecule has 10 rings (SSSR count). The number of carbonyl (C=O) groups excluding carboxylic acids is 1. The second kappa shape index (κ2) is 19.5. The van der Waals surface area contributed by atoms with Gasteiger partial charge in [0, 0.05) is 48.0 Å². The fraction of sp³-hybridized carbons (Fsp3) is 0.585. The van der Waals surface area contributed by atoms with Gasteiger partial charge in [-0.25, -0.2) is 0 Å². The molecular formula is C53H66Cl2N2O6. The van der Waals surface area contributed by atoms with E-state index in [1.54, 1.807) is 0 Å². The van der Waals surface area contributed by atoms with E-state index in [2.05, 4.69) is 72.2 Å². The molecule has 63 heavy (non-hydrogen) atoms. The summed E-state index contributed by atoms with van der Waals surface area (Å²) in [5, 5.41) is 15.3. The smallest absolute Gasteiger partial charge is 0.308 e. The van der Waals surface area contributed by atoms with E-state index >= 15 is 0 Å². The van der Waals surface area contributed by atoms with Crippen molar-refractivity contribution in [3.05, 3.63) is 81.8 Å². The van der Waals surface area contributed by atoms with Crippen LogP contribution in [0.4, 0.5) is 0 Å². The average molecular weight is 898 g/mol. The molecule has 4 bridgehead atoms. The number of rotatable bonds is 10. The number of nitrogens with zero attached hydrogens (tertiary/aromatic N) is 2. The maximum absolute atomic E-state index is 12.1. The van der Waals surface area contributed by atoms with Crippen molar-refractivity contribution in [1.29, 1.82) is 0 Å². The lowest BCUT2D eigenvalue weighted by Crippen LogP contribution is -2.44. The number of carboxylic acids is 1. The number of ether oxygens (including phenoxy) is 3. The van der Waals surface area contributed by atoms with E-state index in [1.807, 2.05) is 12.1 Å². The summed E-state index contributed by atoms with van der Waals surface area (Å²) < 4.78 is 17.7. The molecule has 4 aliphatic heterocycles. The summed E-state index contributed by atoms with van der Waals surface area (Å²) in [5.74, 6) is 2.42. The standard InChI is InChI=1S/C27H34ClNO3.C26H32ClNO3/c1-17-3-10-23(11-4-17)32-25-12-7-19-6-5-18(13-24(19)26(25)28)16-29-21-8-9-22(29)15-20(14-21)27(30)31-2;1-16-2-9-22(10-3-16)31-24-11-6-18-5-4-17(12-23(18)25(24)27)15-28-20-7-8-21(28)14-19(13-20)26(29)30/h5-7,12-13,17,20-23H,3-4,8-11,14-16H2,1-2H3;4-6,11-12,16,19-22H,2-3,7-10,13-15H2,1H3,(H,29,30). The van der Waals surface area contributed by atoms with Crippen LogP contribution >= 0.6 is 23.2 Å². The Morgan fingerprint density at radius 1 is 0.571 bits per heavy atom. The van der Waals surface area contributed by atoms with Gasteiger partial charge in [0.1, 0.15) is 11.5 Å². The highest BCUT2D eigenvalue weighted by Gasteiger charge is 2.44. The lowest BCUT2D eigenvalue weighted by atomic mass is 9.89. The fourth-order valence-corrected chi connectivity index (χ4v) is 12.6. The Morgan fingerprint density at radius 3 is 1.33 bits per heavy atom. The van der Waals surface area contributed by atoms with Gasteiger partial charge >= 0.3 is 11.9 Å². The number of aliphatic carboxylic acids is 1. The van der Waals surface area contributed by atoms with Crippen molar-refractivity contribution >= 4 is 56.7 Å². The van der Waals surface area contributed by atoms with Crippen LogP contribution in [0.5, 0.6) is 11.5 Å². The highest BCUT2D eigenvalue weighted by Crippen LogP contribution is 2.43. The van der Waals surface area contributed by atoms with E-state index in [0.29, 0.717) is 29.2 Å². The first-order valence-electron chi connectivity index (χ1n) is 24.1. The van der Waals surface area contributed by atoms with Crippen LogP contribution in [-0.2, 0) is 27.4 Å². The largest absolute Gasteiger partial charge is 0.489 e. The van der Waals surface area contributed by atoms with Gasteiger partial charge < -0.3 is 19.3 Å². The van der Waals surface area contributed by atoms with E-state index in [9.17, 15) is 14.7 Å². The molecule has 4 saturated heterocycles. The quantitative estimate of drug-likeness (QED) is 0.158. The minimum Gasteiger partial charge on any atom is -0.489 e. The molecule has 4 heterocycles. The van der Waals surface area contributed by atoms with E-state index in [1.165, 1.54) is 56.8 Å². The van der Waals surface area contributed by atoms with Crippen LogP contribution in [0.1, 0.15) is 128 Å². The van der Waals surface area contributed by atoms with E-state index in [0.717, 1.165) is 127 Å². The van der Waals surface area contributed by atoms with Crippen molar-refractivity contribution in [1.82, 2.24) is 9.80 Å². The molecule has 1 N–H and O–H groups in total. The van der Waals surface area contributed by atoms with Gasteiger partial charge in [-0.2, -0.15) is 0 Å². The van der Waals surface area contributed by atoms with E-state index in [4.69, 9.17) is 37.4 Å². The monoisotopic (exact) mass is 896 g/mol. The number of esters is 1. The molecule has 0 radical (unpaired) electrons. The highest BCUT2D eigenvalue weighted by atomic mass is 35.5. The zero-order valence-electron chi connectivity index (χ0n) is 37.4. The molecule has 0 amide bonds. The SMILES string of the molecule is CC1CCC(Oc2ccc3ccc(CN4C5CCC4CC(C(=O)O)C5)cc3c2Cl)CC1.COC(=O)C1CC2CCC(C1)N2Cc1ccc2ccc(OC3CCC(C)CC3)c(Cl)c2c1. The first-order valence-corrected chi connectivity index (χ1v) is 24.8. The zero-order valence-corrected chi connectivity index (χ0v) is 38.9. The van der Waals surface area contributed by atoms with Crippen molar-refractivity contribution in [2.45, 2.75) is 166 Å². The van der Waals surface area contributed by atoms with Crippen LogP contribution in [0, 0.1) is 23.7 Å². The Balaban J connectivity index is 0.000000160. The van der Waals surface area contributed by atoms with Gasteiger partial charge in [-0.15, -0.1) is 0 Å². The third kappa shape index (κ3) is 10.0. The Morgan fingerprint density at radius 2 is 0.952 bits per heavy atom. The molecule has 0 spiro atoms. The molecule has 10 heteroatoms. The summed E-state index contributed by atoms with van der Waals surface area (Å²) in [6, 6.07) is 23.1. The number of carbonyl (C=O) groups is 2. The fourth-order valence-electron chi connectivity index (χ4n) is 12.1. The molecule has 6 fully saturated rings. The summed E-state index contributed by atoms with van der Waals surface area (Å²) >= 11 is 13.7. The molecule has 4 unspecified atom stereocenters. The van der Waals surface area contributed by atoms with Crippen LogP contribution in [0.25, 0.3) is 21.5 Å². The third-order valence-corrected chi connectivity index (χ3v) is 16.6. The summed E-state index contributed by atoms with van der Waals surface area (Å²) in [6.45, 7) is 6.41. The first-order chi connectivity index (χ1) is 30.5. The number of fused-ring (bicyclic) bond motifs is 6. The highest BCUT2D eigenvalue weighted by molar-refractivity contribution is 6.37. The average Bonchev–Trinajstić information content (AvgIpc) is 3.63. The molecule has 4 aromatic rings. The second-order valence-electron chi connectivity index (χ2n) is 20.2. The zero-order chi connectivity index (χ0) is 43.8. The Bertz CT molecular complexity index is 2240. The molecule has 2 aliphatic carbocycles. The Labute approximate surface area is 383 Å². The third-order valence-electron chi connectivity index (χ3n) is 15.9. The van der Waals surface area contributed by atoms with Gasteiger partial charge in [-0.1, -0.05) is 73.4 Å². The summed E-state index contributed by atoms with van der Waals surface area (Å²) in [5.41, 5.74) is 2.51. The van der Waals surface area contributed by atoms with Gasteiger partial charge in [0.2, 0.25) is 0 Å². The number of hydrogen-bond acceptors (Lipinski definition) is 7. The molecular weight excluding hydrogens is 831 g/mol. The predicted octanol–water partition coefficient (Wildman–Crippen LogP) is 12.6. The van der Waals surface area contributed by atoms with Crippen molar-refractivity contribution in [2.75, 3.05) is 7.11 Å². The normalized spacial score (nSPS) is 30.7. The van der Waals surface area contributed by atoms with Gasteiger partial charge in [0.15, 0.2) is 0 Å². The van der Waals surface area contributed by atoms with Gasteiger partial charge in [0.05, 0.1) is 41.2 Å². The van der Waals surface area contributed by atoms with Crippen LogP contribution in [-0.4, -0.2) is 70.3 Å². The number of hydrogen-bond donors (Lipinski definition) is 1. The molecule has 0 aromatic heterocycles. The number of piperidine rings is 2. The van der Waals surface area contributed by atoms with Crippen LogP contribution < -0.4 is 9.47 Å². The number of halogens is 2. The minimum atomic E-state index is -0.631. The van der Waals surface area contributed by atoms with Crippen LogP contribution in [0.15, 0.2) is 60.7 Å². The van der Waals surface area contributed by atoms with Crippen molar-refractivity contribution in [3.63, 3.8) is 0 Å². The van der Waals surface area contributed by atoms with Gasteiger partial charge in [-0.3, -0.25) is 19.4 Å². The maximum Gasteiger partial charge on any atom is 0.308 e. The Hall–Kier alpha value is -3.56. The molecule has 4 atom stereocenters. The second-order valence-corrected chi connectivity index (χ2v) is 20.9. The first kappa shape index (κ1) is 44.6. The summed E-state index contributed by atoms with van der Waals surface area (Å²) in [4.78, 5) is 28.6. The molecule has 338 valence electrons. The topological polar surface area (TPSA) is 88.5 Å². The number of methoxy groups -OCH3 is 1. The van der Waals surface area contributed by atoms with Crippen molar-refractivity contribution in [3.8, 4) is 11.5 Å². The van der Waals surface area contributed by atoms with Crippen LogP contribution in [0.2, 0.25) is 10.0 Å². The van der Waals surface area contributed by atoms with Crippen molar-refractivity contribution in [2.24, 2.45) is 23.7 Å². The van der Waals surface area contributed by atoms with Gasteiger partial charge in [-0.05, 0) is 161 Å². The summed E-state index contributed by atoms with van der Waals surface area (Å²) in [6.07, 6.45) is 17.8. The van der Waals surface area contributed by atoms with E-state index in [-0.39, 0.29) is 30.0 Å². The molecule has 8 nitrogen and oxygen atoms in total. The summed E-state index contributed by atoms with van der Waals surface area (Å²) in [7, 11) is 1.50. The molecule has 4 aromatic carbocycles. The molecule has 2 saturated carbocycles. The molecule has 6 aliphatic rings. The lowest BCUT2D eigenvalue weighted by Gasteiger charge is -2.38. The van der Waals surface area contributed by atoms with Crippen molar-refractivity contribution < 1.29 is 28.9 Å². The Kier molecular flexibility index (Phi) is 13.8. The minimum absolute atomic E-state index is 0.0426.